The van der Waals surface area contributed by atoms with E-state index in [9.17, 15) is 0 Å². The standard InChI is InChI=1S/C9H18.C5H12N2/c1-2-6-9-7-4-3-5-8-9;1-7-4-2-6-3-5-7/h9H,2-8H2,1H3;6H,2-5H2,1H3. The zero-order chi connectivity index (χ0) is 11.6. The summed E-state index contributed by atoms with van der Waals surface area (Å²) in [5, 5.41) is 3.27. The highest BCUT2D eigenvalue weighted by Gasteiger charge is 2.11. The molecular formula is C14H30N2. The Bertz CT molecular complexity index is 144. The summed E-state index contributed by atoms with van der Waals surface area (Å²) in [4.78, 5) is 2.33. The summed E-state index contributed by atoms with van der Waals surface area (Å²) in [6.45, 7) is 7.04. The van der Waals surface area contributed by atoms with Crippen LogP contribution in [0.1, 0.15) is 51.9 Å². The molecule has 1 saturated heterocycles. The van der Waals surface area contributed by atoms with E-state index >= 15 is 0 Å². The van der Waals surface area contributed by atoms with Crippen LogP contribution in [0.25, 0.3) is 0 Å². The zero-order valence-corrected chi connectivity index (χ0v) is 11.3. The molecule has 0 spiro atoms. The summed E-state index contributed by atoms with van der Waals surface area (Å²) in [6.07, 6.45) is 10.4. The van der Waals surface area contributed by atoms with Crippen molar-refractivity contribution in [3.05, 3.63) is 0 Å². The third kappa shape index (κ3) is 6.49. The van der Waals surface area contributed by atoms with Crippen LogP contribution in [0.3, 0.4) is 0 Å². The van der Waals surface area contributed by atoms with Gasteiger partial charge in [-0.05, 0) is 13.0 Å². The van der Waals surface area contributed by atoms with Crippen molar-refractivity contribution in [2.24, 2.45) is 5.92 Å². The van der Waals surface area contributed by atoms with Crippen molar-refractivity contribution in [2.75, 3.05) is 33.2 Å². The first-order valence-electron chi connectivity index (χ1n) is 7.22. The fraction of sp³-hybridized carbons (Fsp3) is 1.00. The van der Waals surface area contributed by atoms with Gasteiger partial charge in [0.25, 0.3) is 0 Å². The molecule has 2 rings (SSSR count). The molecule has 16 heavy (non-hydrogen) atoms. The molecule has 1 N–H and O–H groups in total. The fourth-order valence-electron chi connectivity index (χ4n) is 2.66. The highest BCUT2D eigenvalue weighted by atomic mass is 15.2. The maximum atomic E-state index is 3.27. The Morgan fingerprint density at radius 3 is 2.12 bits per heavy atom. The molecule has 2 fully saturated rings. The Morgan fingerprint density at radius 2 is 1.69 bits per heavy atom. The minimum atomic E-state index is 1.10. The predicted octanol–water partition coefficient (Wildman–Crippen LogP) is 2.89. The van der Waals surface area contributed by atoms with E-state index in [1.807, 2.05) is 0 Å². The number of likely N-dealkylation sites (N-methyl/N-ethyl adjacent to an activating group) is 1. The van der Waals surface area contributed by atoms with E-state index in [-0.39, 0.29) is 0 Å². The number of hydrogen-bond acceptors (Lipinski definition) is 2. The summed E-state index contributed by atoms with van der Waals surface area (Å²) >= 11 is 0. The van der Waals surface area contributed by atoms with Gasteiger partial charge in [-0.25, -0.2) is 0 Å². The molecule has 0 atom stereocenters. The van der Waals surface area contributed by atoms with Crippen molar-refractivity contribution in [3.8, 4) is 0 Å². The lowest BCUT2D eigenvalue weighted by molar-refractivity contribution is 0.291. The van der Waals surface area contributed by atoms with Crippen LogP contribution in [0.15, 0.2) is 0 Å². The van der Waals surface area contributed by atoms with E-state index in [0.29, 0.717) is 0 Å². The molecular weight excluding hydrogens is 196 g/mol. The number of nitrogens with zero attached hydrogens (tertiary/aromatic N) is 1. The number of rotatable bonds is 2. The topological polar surface area (TPSA) is 15.3 Å². The van der Waals surface area contributed by atoms with Gasteiger partial charge < -0.3 is 10.2 Å². The van der Waals surface area contributed by atoms with Gasteiger partial charge >= 0.3 is 0 Å². The van der Waals surface area contributed by atoms with E-state index in [1.165, 1.54) is 58.0 Å². The molecule has 96 valence electrons. The average molecular weight is 226 g/mol. The largest absolute Gasteiger partial charge is 0.314 e. The Morgan fingerprint density at radius 1 is 1.06 bits per heavy atom. The second kappa shape index (κ2) is 9.00. The van der Waals surface area contributed by atoms with Gasteiger partial charge in [-0.3, -0.25) is 0 Å². The third-order valence-electron chi connectivity index (χ3n) is 3.76. The summed E-state index contributed by atoms with van der Waals surface area (Å²) in [5.41, 5.74) is 0. The van der Waals surface area contributed by atoms with Crippen LogP contribution < -0.4 is 5.32 Å². The summed E-state index contributed by atoms with van der Waals surface area (Å²) in [5.74, 6) is 1.10. The minimum absolute atomic E-state index is 1.10. The van der Waals surface area contributed by atoms with E-state index in [1.54, 1.807) is 0 Å². The molecule has 0 bridgehead atoms. The molecule has 0 aromatic rings. The summed E-state index contributed by atoms with van der Waals surface area (Å²) in [6, 6.07) is 0. The molecule has 2 aliphatic rings. The molecule has 0 aromatic heterocycles. The Hall–Kier alpha value is -0.0800. The van der Waals surface area contributed by atoms with Crippen LogP contribution in [0.5, 0.6) is 0 Å². The summed E-state index contributed by atoms with van der Waals surface area (Å²) in [7, 11) is 2.15. The second-order valence-electron chi connectivity index (χ2n) is 5.35. The molecule has 0 amide bonds. The van der Waals surface area contributed by atoms with Gasteiger partial charge in [0.05, 0.1) is 0 Å². The van der Waals surface area contributed by atoms with Crippen molar-refractivity contribution in [3.63, 3.8) is 0 Å². The lowest BCUT2D eigenvalue weighted by Crippen LogP contribution is -2.40. The van der Waals surface area contributed by atoms with Crippen molar-refractivity contribution in [1.82, 2.24) is 10.2 Å². The van der Waals surface area contributed by atoms with Crippen LogP contribution in [0.4, 0.5) is 0 Å². The number of hydrogen-bond donors (Lipinski definition) is 1. The first kappa shape index (κ1) is 14.0. The van der Waals surface area contributed by atoms with Crippen molar-refractivity contribution < 1.29 is 0 Å². The van der Waals surface area contributed by atoms with E-state index in [2.05, 4.69) is 24.2 Å². The SMILES string of the molecule is CCCC1CCCCC1.CN1CCNCC1. The van der Waals surface area contributed by atoms with Gasteiger partial charge in [0.1, 0.15) is 0 Å². The van der Waals surface area contributed by atoms with Gasteiger partial charge in [0.2, 0.25) is 0 Å². The van der Waals surface area contributed by atoms with E-state index in [0.717, 1.165) is 19.0 Å². The third-order valence-corrected chi connectivity index (χ3v) is 3.76. The first-order valence-corrected chi connectivity index (χ1v) is 7.22. The van der Waals surface area contributed by atoms with Crippen molar-refractivity contribution >= 4 is 0 Å². The smallest absolute Gasteiger partial charge is 0.0104 e. The zero-order valence-electron chi connectivity index (χ0n) is 11.3. The summed E-state index contributed by atoms with van der Waals surface area (Å²) < 4.78 is 0. The van der Waals surface area contributed by atoms with Gasteiger partial charge in [-0.1, -0.05) is 51.9 Å². The second-order valence-corrected chi connectivity index (χ2v) is 5.35. The van der Waals surface area contributed by atoms with E-state index < -0.39 is 0 Å². The molecule has 0 unspecified atom stereocenters. The maximum Gasteiger partial charge on any atom is 0.0104 e. The van der Waals surface area contributed by atoms with Gasteiger partial charge in [-0.15, -0.1) is 0 Å². The molecule has 1 heterocycles. The average Bonchev–Trinajstić information content (AvgIpc) is 2.33. The molecule has 2 nitrogen and oxygen atoms in total. The normalized spacial score (nSPS) is 23.6. The van der Waals surface area contributed by atoms with Crippen LogP contribution >= 0.6 is 0 Å². The van der Waals surface area contributed by atoms with Gasteiger partial charge in [0, 0.05) is 26.2 Å². The maximum absolute atomic E-state index is 3.27. The van der Waals surface area contributed by atoms with Crippen molar-refractivity contribution in [2.45, 2.75) is 51.9 Å². The highest BCUT2D eigenvalue weighted by molar-refractivity contribution is 4.64. The van der Waals surface area contributed by atoms with Crippen molar-refractivity contribution in [1.29, 1.82) is 0 Å². The number of piperazine rings is 1. The number of nitrogens with one attached hydrogen (secondary N) is 1. The highest BCUT2D eigenvalue weighted by Crippen LogP contribution is 2.26. The van der Waals surface area contributed by atoms with Gasteiger partial charge in [0.15, 0.2) is 0 Å². The van der Waals surface area contributed by atoms with Crippen LogP contribution in [-0.2, 0) is 0 Å². The molecule has 0 radical (unpaired) electrons. The lowest BCUT2D eigenvalue weighted by Gasteiger charge is -2.21. The molecule has 1 aliphatic carbocycles. The van der Waals surface area contributed by atoms with Crippen LogP contribution in [0.2, 0.25) is 0 Å². The lowest BCUT2D eigenvalue weighted by atomic mass is 9.86. The van der Waals surface area contributed by atoms with Crippen LogP contribution in [-0.4, -0.2) is 38.1 Å². The van der Waals surface area contributed by atoms with Gasteiger partial charge in [-0.2, -0.15) is 0 Å². The first-order chi connectivity index (χ1) is 7.83. The predicted molar refractivity (Wildman–Crippen MR) is 71.8 cm³/mol. The van der Waals surface area contributed by atoms with E-state index in [4.69, 9.17) is 0 Å². The molecule has 2 heteroatoms. The quantitative estimate of drug-likeness (QED) is 0.779. The Labute approximate surface area is 102 Å². The monoisotopic (exact) mass is 226 g/mol. The molecule has 1 saturated carbocycles. The Kier molecular flexibility index (Phi) is 7.87. The Balaban J connectivity index is 0.000000165. The molecule has 0 aromatic carbocycles. The fourth-order valence-corrected chi connectivity index (χ4v) is 2.66. The molecule has 1 aliphatic heterocycles. The minimum Gasteiger partial charge on any atom is -0.314 e. The van der Waals surface area contributed by atoms with Crippen LogP contribution in [0, 0.1) is 5.92 Å².